The number of nitrogens with zero attached hydrogens (tertiary/aromatic N) is 2. The van der Waals surface area contributed by atoms with E-state index in [2.05, 4.69) is 5.32 Å². The van der Waals surface area contributed by atoms with E-state index in [1.807, 2.05) is 6.07 Å². The number of fused-ring (bicyclic) bond motifs is 1. The van der Waals surface area contributed by atoms with Crippen LogP contribution in [0.4, 0.5) is 4.79 Å². The van der Waals surface area contributed by atoms with Crippen molar-refractivity contribution in [2.45, 2.75) is 19.0 Å². The van der Waals surface area contributed by atoms with Crippen LogP contribution in [0.15, 0.2) is 42.5 Å². The summed E-state index contributed by atoms with van der Waals surface area (Å²) in [6, 6.07) is 13.6. The molecule has 0 spiro atoms. The van der Waals surface area contributed by atoms with E-state index in [4.69, 9.17) is 14.7 Å². The zero-order valence-electron chi connectivity index (χ0n) is 14.7. The van der Waals surface area contributed by atoms with E-state index in [1.165, 1.54) is 4.90 Å². The van der Waals surface area contributed by atoms with E-state index in [-0.39, 0.29) is 12.5 Å². The Morgan fingerprint density at radius 3 is 2.52 bits per heavy atom. The molecule has 0 unspecified atom stereocenters. The van der Waals surface area contributed by atoms with Gasteiger partial charge in [-0.05, 0) is 42.3 Å². The molecule has 136 valence electrons. The largest absolute Gasteiger partial charge is 0.486 e. The molecule has 1 N–H and O–H groups in total. The molecular weight excluding hydrogens is 346 g/mol. The molecule has 2 aromatic rings. The van der Waals surface area contributed by atoms with E-state index in [9.17, 15) is 9.59 Å². The summed E-state index contributed by atoms with van der Waals surface area (Å²) in [5.41, 5.74) is 0.743. The fraction of sp³-hybridized carbons (Fsp3) is 0.250. The molecule has 7 nitrogen and oxygen atoms in total. The number of carbonyl (C=O) groups excluding carboxylic acids is 2. The number of benzene rings is 2. The maximum absolute atomic E-state index is 13.1. The predicted molar refractivity (Wildman–Crippen MR) is 95.0 cm³/mol. The number of imide groups is 1. The first-order valence-electron chi connectivity index (χ1n) is 8.54. The second-order valence-electron chi connectivity index (χ2n) is 6.61. The number of hydrogen-bond acceptors (Lipinski definition) is 5. The van der Waals surface area contributed by atoms with Crippen molar-refractivity contribution < 1.29 is 19.1 Å². The van der Waals surface area contributed by atoms with Crippen LogP contribution in [-0.4, -0.2) is 30.1 Å². The van der Waals surface area contributed by atoms with Gasteiger partial charge in [-0.3, -0.25) is 9.69 Å². The van der Waals surface area contributed by atoms with Gasteiger partial charge in [-0.2, -0.15) is 5.26 Å². The molecule has 1 saturated heterocycles. The summed E-state index contributed by atoms with van der Waals surface area (Å²) in [5.74, 6) is 0.848. The molecule has 0 radical (unpaired) electrons. The number of hydrogen-bond donors (Lipinski definition) is 1. The summed E-state index contributed by atoms with van der Waals surface area (Å²) in [6.07, 6.45) is 0. The van der Waals surface area contributed by atoms with E-state index in [0.717, 1.165) is 5.56 Å². The minimum absolute atomic E-state index is 0.135. The van der Waals surface area contributed by atoms with Crippen LogP contribution in [0.1, 0.15) is 23.6 Å². The molecule has 2 heterocycles. The molecule has 1 fully saturated rings. The van der Waals surface area contributed by atoms with Gasteiger partial charge in [0.2, 0.25) is 0 Å². The number of urea groups is 1. The zero-order valence-corrected chi connectivity index (χ0v) is 14.7. The van der Waals surface area contributed by atoms with Crippen LogP contribution < -0.4 is 14.8 Å². The zero-order chi connectivity index (χ0) is 19.0. The van der Waals surface area contributed by atoms with Crippen LogP contribution in [0.2, 0.25) is 0 Å². The van der Waals surface area contributed by atoms with Crippen LogP contribution in [0.3, 0.4) is 0 Å². The molecule has 0 bridgehead atoms. The summed E-state index contributed by atoms with van der Waals surface area (Å²) < 4.78 is 11.1. The summed E-state index contributed by atoms with van der Waals surface area (Å²) in [5, 5.41) is 11.7. The first-order valence-corrected chi connectivity index (χ1v) is 8.54. The van der Waals surface area contributed by atoms with Gasteiger partial charge in [0.15, 0.2) is 11.5 Å². The van der Waals surface area contributed by atoms with Gasteiger partial charge >= 0.3 is 6.03 Å². The van der Waals surface area contributed by atoms with E-state index >= 15 is 0 Å². The summed E-state index contributed by atoms with van der Waals surface area (Å²) >= 11 is 0. The molecule has 27 heavy (non-hydrogen) atoms. The Kier molecular flexibility index (Phi) is 3.96. The SMILES string of the molecule is C[C@@]1(c2ccc3c(c2)OCCO3)NC(=O)N(Cc2ccc(C#N)cc2)C1=O. The number of carbonyl (C=O) groups is 2. The van der Waals surface area contributed by atoms with Gasteiger partial charge in [0.1, 0.15) is 18.8 Å². The fourth-order valence-electron chi connectivity index (χ4n) is 3.26. The maximum atomic E-state index is 13.1. The fourth-order valence-corrected chi connectivity index (χ4v) is 3.26. The van der Waals surface area contributed by atoms with Crippen LogP contribution >= 0.6 is 0 Å². The summed E-state index contributed by atoms with van der Waals surface area (Å²) in [7, 11) is 0. The lowest BCUT2D eigenvalue weighted by atomic mass is 9.91. The summed E-state index contributed by atoms with van der Waals surface area (Å²) in [4.78, 5) is 26.7. The van der Waals surface area contributed by atoms with E-state index < -0.39 is 11.6 Å². The molecular formula is C20H17N3O4. The Labute approximate surface area is 156 Å². The number of rotatable bonds is 3. The minimum atomic E-state index is -1.18. The molecule has 7 heteroatoms. The van der Waals surface area contributed by atoms with Gasteiger partial charge in [-0.25, -0.2) is 4.79 Å². The highest BCUT2D eigenvalue weighted by Crippen LogP contribution is 2.37. The lowest BCUT2D eigenvalue weighted by Gasteiger charge is -2.25. The summed E-state index contributed by atoms with van der Waals surface area (Å²) in [6.45, 7) is 2.74. The monoisotopic (exact) mass is 363 g/mol. The van der Waals surface area contributed by atoms with Crippen molar-refractivity contribution >= 4 is 11.9 Å². The average Bonchev–Trinajstić information content (AvgIpc) is 2.92. The molecule has 1 atom stereocenters. The number of nitriles is 1. The highest BCUT2D eigenvalue weighted by Gasteiger charge is 2.49. The third-order valence-corrected chi connectivity index (χ3v) is 4.82. The molecule has 4 rings (SSSR count). The highest BCUT2D eigenvalue weighted by atomic mass is 16.6. The first kappa shape index (κ1) is 16.9. The van der Waals surface area contributed by atoms with Gasteiger partial charge in [0.05, 0.1) is 18.2 Å². The van der Waals surface area contributed by atoms with E-state index in [0.29, 0.717) is 35.8 Å². The lowest BCUT2D eigenvalue weighted by molar-refractivity contribution is -0.131. The van der Waals surface area contributed by atoms with E-state index in [1.54, 1.807) is 49.4 Å². The molecule has 0 aliphatic carbocycles. The Morgan fingerprint density at radius 1 is 1.11 bits per heavy atom. The third kappa shape index (κ3) is 2.85. The first-order chi connectivity index (χ1) is 13.0. The van der Waals surface area contributed by atoms with Crippen LogP contribution in [0.25, 0.3) is 0 Å². The van der Waals surface area contributed by atoms with Crippen molar-refractivity contribution in [1.82, 2.24) is 10.2 Å². The van der Waals surface area contributed by atoms with Crippen LogP contribution in [0.5, 0.6) is 11.5 Å². The Hall–Kier alpha value is -3.53. The normalized spacial score (nSPS) is 21.0. The number of nitrogens with one attached hydrogen (secondary N) is 1. The highest BCUT2D eigenvalue weighted by molar-refractivity contribution is 6.07. The second kappa shape index (κ2) is 6.32. The van der Waals surface area contributed by atoms with Gasteiger partial charge in [-0.1, -0.05) is 18.2 Å². The minimum Gasteiger partial charge on any atom is -0.486 e. The molecule has 2 aliphatic rings. The van der Waals surface area contributed by atoms with Gasteiger partial charge < -0.3 is 14.8 Å². The van der Waals surface area contributed by atoms with Gasteiger partial charge in [0, 0.05) is 0 Å². The van der Waals surface area contributed by atoms with Crippen LogP contribution in [0, 0.1) is 11.3 Å². The smallest absolute Gasteiger partial charge is 0.325 e. The Bertz CT molecular complexity index is 964. The number of amides is 3. The van der Waals surface area contributed by atoms with Crippen molar-refractivity contribution in [2.24, 2.45) is 0 Å². The number of ether oxygens (including phenoxy) is 2. The maximum Gasteiger partial charge on any atom is 0.325 e. The van der Waals surface area contributed by atoms with Gasteiger partial charge in [-0.15, -0.1) is 0 Å². The van der Waals surface area contributed by atoms with Crippen molar-refractivity contribution in [1.29, 1.82) is 5.26 Å². The molecule has 0 aromatic heterocycles. The topological polar surface area (TPSA) is 91.7 Å². The molecule has 2 aromatic carbocycles. The lowest BCUT2D eigenvalue weighted by Crippen LogP contribution is -2.41. The molecule has 2 aliphatic heterocycles. The standard InChI is InChI=1S/C20H17N3O4/c1-20(15-6-7-16-17(10-15)27-9-8-26-16)18(24)23(19(25)22-20)12-14-4-2-13(11-21)3-5-14/h2-7,10H,8-9,12H2,1H3,(H,22,25)/t20-/m0/s1. The Balaban J connectivity index is 1.60. The average molecular weight is 363 g/mol. The van der Waals surface area contributed by atoms with Crippen molar-refractivity contribution in [3.8, 4) is 17.6 Å². The second-order valence-corrected chi connectivity index (χ2v) is 6.61. The van der Waals surface area contributed by atoms with Crippen LogP contribution in [-0.2, 0) is 16.9 Å². The molecule has 0 saturated carbocycles. The van der Waals surface area contributed by atoms with Crippen molar-refractivity contribution in [3.63, 3.8) is 0 Å². The Morgan fingerprint density at radius 2 is 1.81 bits per heavy atom. The quantitative estimate of drug-likeness (QED) is 0.845. The van der Waals surface area contributed by atoms with Crippen molar-refractivity contribution in [3.05, 3.63) is 59.2 Å². The van der Waals surface area contributed by atoms with Crippen molar-refractivity contribution in [2.75, 3.05) is 13.2 Å². The van der Waals surface area contributed by atoms with Gasteiger partial charge in [0.25, 0.3) is 5.91 Å². The third-order valence-electron chi connectivity index (χ3n) is 4.82. The predicted octanol–water partition coefficient (Wildman–Crippen LogP) is 2.30. The molecule has 3 amide bonds.